The van der Waals surface area contributed by atoms with Crippen molar-refractivity contribution in [2.24, 2.45) is 0 Å². The lowest BCUT2D eigenvalue weighted by Gasteiger charge is -2.21. The van der Waals surface area contributed by atoms with Crippen LogP contribution in [0.15, 0.2) is 34.8 Å². The van der Waals surface area contributed by atoms with E-state index in [2.05, 4.69) is 40.3 Å². The molecule has 21 heavy (non-hydrogen) atoms. The number of rotatable bonds is 4. The molecule has 0 saturated carbocycles. The molecule has 0 heterocycles. The van der Waals surface area contributed by atoms with Crippen LogP contribution in [-0.4, -0.2) is 14.2 Å². The van der Waals surface area contributed by atoms with Gasteiger partial charge < -0.3 is 10.1 Å². The Bertz CT molecular complexity index is 657. The summed E-state index contributed by atoms with van der Waals surface area (Å²) in [6.07, 6.45) is 0. The van der Waals surface area contributed by atoms with E-state index < -0.39 is 0 Å². The molecule has 0 aliphatic carbocycles. The van der Waals surface area contributed by atoms with E-state index in [0.29, 0.717) is 0 Å². The van der Waals surface area contributed by atoms with E-state index in [-0.39, 0.29) is 17.6 Å². The topological polar surface area (TPSA) is 21.3 Å². The molecule has 0 bridgehead atoms. The minimum atomic E-state index is -0.346. The fraction of sp³-hybridized carbons (Fsp3) is 0.294. The zero-order valence-corrected chi connectivity index (χ0v) is 14.2. The molecule has 0 aliphatic rings. The number of ether oxygens (including phenoxy) is 1. The average molecular weight is 352 g/mol. The summed E-state index contributed by atoms with van der Waals surface area (Å²) in [5.74, 6) is -0.0842. The van der Waals surface area contributed by atoms with Gasteiger partial charge in [0, 0.05) is 4.47 Å². The number of halogens is 2. The van der Waals surface area contributed by atoms with Gasteiger partial charge in [-0.25, -0.2) is 4.39 Å². The Labute approximate surface area is 133 Å². The molecule has 1 unspecified atom stereocenters. The molecule has 0 aliphatic heterocycles. The van der Waals surface area contributed by atoms with Crippen LogP contribution < -0.4 is 10.1 Å². The van der Waals surface area contributed by atoms with Crippen LogP contribution in [0.3, 0.4) is 0 Å². The minimum absolute atomic E-state index is 0.0581. The first-order valence-corrected chi connectivity index (χ1v) is 7.54. The smallest absolute Gasteiger partial charge is 0.165 e. The average Bonchev–Trinajstić information content (AvgIpc) is 2.45. The monoisotopic (exact) mass is 351 g/mol. The number of benzene rings is 2. The molecule has 112 valence electrons. The molecule has 0 spiro atoms. The van der Waals surface area contributed by atoms with Crippen LogP contribution >= 0.6 is 15.9 Å². The molecule has 0 saturated heterocycles. The van der Waals surface area contributed by atoms with Crippen molar-refractivity contribution < 1.29 is 9.13 Å². The van der Waals surface area contributed by atoms with E-state index in [4.69, 9.17) is 4.74 Å². The minimum Gasteiger partial charge on any atom is -0.494 e. The predicted molar refractivity (Wildman–Crippen MR) is 87.5 cm³/mol. The molecule has 2 rings (SSSR count). The second-order valence-corrected chi connectivity index (χ2v) is 5.93. The highest BCUT2D eigenvalue weighted by Crippen LogP contribution is 2.31. The molecular formula is C17H19BrFNO. The number of hydrogen-bond acceptors (Lipinski definition) is 2. The van der Waals surface area contributed by atoms with Gasteiger partial charge >= 0.3 is 0 Å². The van der Waals surface area contributed by atoms with Gasteiger partial charge in [-0.05, 0) is 61.3 Å². The highest BCUT2D eigenvalue weighted by atomic mass is 79.9. The third kappa shape index (κ3) is 3.27. The molecular weight excluding hydrogens is 333 g/mol. The van der Waals surface area contributed by atoms with Crippen LogP contribution in [0.25, 0.3) is 0 Å². The standard InChI is InChI=1S/C17H19BrFNO/c1-10-8-14(18)11(2)7-13(10)17(20-3)12-5-6-16(21-4)15(19)9-12/h5-9,17,20H,1-4H3. The quantitative estimate of drug-likeness (QED) is 0.873. The molecule has 0 fully saturated rings. The summed E-state index contributed by atoms with van der Waals surface area (Å²) in [5.41, 5.74) is 4.33. The van der Waals surface area contributed by atoms with E-state index in [1.165, 1.54) is 13.2 Å². The Morgan fingerprint density at radius 2 is 1.86 bits per heavy atom. The summed E-state index contributed by atoms with van der Waals surface area (Å²) >= 11 is 3.54. The highest BCUT2D eigenvalue weighted by Gasteiger charge is 2.17. The Hall–Kier alpha value is -1.39. The van der Waals surface area contributed by atoms with Crippen LogP contribution in [0.4, 0.5) is 4.39 Å². The largest absolute Gasteiger partial charge is 0.494 e. The van der Waals surface area contributed by atoms with Crippen molar-refractivity contribution in [3.8, 4) is 5.75 Å². The Morgan fingerprint density at radius 3 is 2.43 bits per heavy atom. The molecule has 0 aromatic heterocycles. The first-order chi connectivity index (χ1) is 9.97. The van der Waals surface area contributed by atoms with E-state index in [1.54, 1.807) is 6.07 Å². The third-order valence-electron chi connectivity index (χ3n) is 3.66. The van der Waals surface area contributed by atoms with Crippen molar-refractivity contribution in [2.45, 2.75) is 19.9 Å². The molecule has 2 aromatic rings. The maximum atomic E-state index is 13.9. The maximum Gasteiger partial charge on any atom is 0.165 e. The van der Waals surface area contributed by atoms with Gasteiger partial charge in [0.2, 0.25) is 0 Å². The van der Waals surface area contributed by atoms with E-state index in [9.17, 15) is 4.39 Å². The number of hydrogen-bond donors (Lipinski definition) is 1. The van der Waals surface area contributed by atoms with Crippen molar-refractivity contribution >= 4 is 15.9 Å². The van der Waals surface area contributed by atoms with Gasteiger partial charge in [0.25, 0.3) is 0 Å². The zero-order chi connectivity index (χ0) is 15.6. The molecule has 2 aromatic carbocycles. The van der Waals surface area contributed by atoms with Crippen molar-refractivity contribution in [1.29, 1.82) is 0 Å². The van der Waals surface area contributed by atoms with Crippen LogP contribution in [0.5, 0.6) is 5.75 Å². The van der Waals surface area contributed by atoms with Gasteiger partial charge in [0.1, 0.15) is 0 Å². The van der Waals surface area contributed by atoms with Crippen LogP contribution in [0.2, 0.25) is 0 Å². The maximum absolute atomic E-state index is 13.9. The normalized spacial score (nSPS) is 12.3. The first-order valence-electron chi connectivity index (χ1n) is 6.75. The summed E-state index contributed by atoms with van der Waals surface area (Å²) in [4.78, 5) is 0. The van der Waals surface area contributed by atoms with Gasteiger partial charge in [-0.15, -0.1) is 0 Å². The summed E-state index contributed by atoms with van der Waals surface area (Å²) in [6, 6.07) is 9.24. The lowest BCUT2D eigenvalue weighted by molar-refractivity contribution is 0.386. The molecule has 4 heteroatoms. The second kappa shape index (κ2) is 6.58. The van der Waals surface area contributed by atoms with Crippen LogP contribution in [0, 0.1) is 19.7 Å². The summed E-state index contributed by atoms with van der Waals surface area (Å²) < 4.78 is 20.0. The molecule has 0 amide bonds. The number of nitrogens with one attached hydrogen (secondary N) is 1. The predicted octanol–water partition coefficient (Wildman–Crippen LogP) is 4.52. The van der Waals surface area contributed by atoms with Gasteiger partial charge in [0.05, 0.1) is 13.2 Å². The highest BCUT2D eigenvalue weighted by molar-refractivity contribution is 9.10. The van der Waals surface area contributed by atoms with Crippen molar-refractivity contribution in [2.75, 3.05) is 14.2 Å². The molecule has 2 nitrogen and oxygen atoms in total. The van der Waals surface area contributed by atoms with Gasteiger partial charge in [-0.3, -0.25) is 0 Å². The van der Waals surface area contributed by atoms with Crippen molar-refractivity contribution in [3.05, 3.63) is 62.9 Å². The number of methoxy groups -OCH3 is 1. The van der Waals surface area contributed by atoms with E-state index >= 15 is 0 Å². The van der Waals surface area contributed by atoms with Crippen LogP contribution in [-0.2, 0) is 0 Å². The first kappa shape index (κ1) is 16.0. The van der Waals surface area contributed by atoms with Gasteiger partial charge in [0.15, 0.2) is 11.6 Å². The van der Waals surface area contributed by atoms with E-state index in [1.807, 2.05) is 20.0 Å². The molecule has 1 N–H and O–H groups in total. The summed E-state index contributed by atoms with van der Waals surface area (Å²) in [7, 11) is 3.35. The van der Waals surface area contributed by atoms with Crippen molar-refractivity contribution in [3.63, 3.8) is 0 Å². The third-order valence-corrected chi connectivity index (χ3v) is 4.51. The lowest BCUT2D eigenvalue weighted by atomic mass is 9.93. The molecule has 1 atom stereocenters. The van der Waals surface area contributed by atoms with Gasteiger partial charge in [-0.1, -0.05) is 28.1 Å². The second-order valence-electron chi connectivity index (χ2n) is 5.07. The zero-order valence-electron chi connectivity index (χ0n) is 12.6. The lowest BCUT2D eigenvalue weighted by Crippen LogP contribution is -2.19. The summed E-state index contributed by atoms with van der Waals surface area (Å²) in [6.45, 7) is 4.11. The molecule has 0 radical (unpaired) electrons. The Kier molecular flexibility index (Phi) is 5.01. The Balaban J connectivity index is 2.49. The summed E-state index contributed by atoms with van der Waals surface area (Å²) in [5, 5.41) is 3.26. The SMILES string of the molecule is CNC(c1ccc(OC)c(F)c1)c1cc(C)c(Br)cc1C. The van der Waals surface area contributed by atoms with Crippen LogP contribution in [0.1, 0.15) is 28.3 Å². The fourth-order valence-corrected chi connectivity index (χ4v) is 2.94. The van der Waals surface area contributed by atoms with E-state index in [0.717, 1.165) is 26.7 Å². The Morgan fingerprint density at radius 1 is 1.14 bits per heavy atom. The fourth-order valence-electron chi connectivity index (χ4n) is 2.48. The van der Waals surface area contributed by atoms with Gasteiger partial charge in [-0.2, -0.15) is 0 Å². The number of aryl methyl sites for hydroxylation is 2. The van der Waals surface area contributed by atoms with Crippen molar-refractivity contribution in [1.82, 2.24) is 5.32 Å².